The van der Waals surface area contributed by atoms with E-state index in [0.29, 0.717) is 12.1 Å². The Labute approximate surface area is 145 Å². The molecule has 0 bridgehead atoms. The van der Waals surface area contributed by atoms with Crippen LogP contribution in [0, 0.1) is 0 Å². The van der Waals surface area contributed by atoms with E-state index < -0.39 is 12.0 Å². The topological polar surface area (TPSA) is 46.6 Å². The van der Waals surface area contributed by atoms with E-state index in [-0.39, 0.29) is 11.2 Å². The Bertz CT molecular complexity index is 722. The van der Waals surface area contributed by atoms with Gasteiger partial charge in [0.15, 0.2) is 0 Å². The normalized spacial score (nSPS) is 17.0. The summed E-state index contributed by atoms with van der Waals surface area (Å²) in [5.74, 6) is -0.493. The Morgan fingerprint density at radius 1 is 1.12 bits per heavy atom. The molecule has 1 unspecified atom stereocenters. The summed E-state index contributed by atoms with van der Waals surface area (Å²) in [5, 5.41) is -0.227. The summed E-state index contributed by atoms with van der Waals surface area (Å²) in [6, 6.07) is 16.6. The lowest BCUT2D eigenvalue weighted by atomic mass is 10.1. The number of rotatable bonds is 4. The van der Waals surface area contributed by atoms with E-state index in [4.69, 9.17) is 4.74 Å². The van der Waals surface area contributed by atoms with Gasteiger partial charge in [0.1, 0.15) is 6.04 Å². The van der Waals surface area contributed by atoms with Crippen LogP contribution >= 0.6 is 11.8 Å². The first-order chi connectivity index (χ1) is 11.6. The maximum absolute atomic E-state index is 13.2. The van der Waals surface area contributed by atoms with Gasteiger partial charge >= 0.3 is 5.97 Å². The van der Waals surface area contributed by atoms with Gasteiger partial charge in [-0.3, -0.25) is 9.69 Å². The maximum Gasteiger partial charge on any atom is 0.328 e. The summed E-state index contributed by atoms with van der Waals surface area (Å²) in [6.45, 7) is 1.70. The zero-order chi connectivity index (χ0) is 17.1. The van der Waals surface area contributed by atoms with E-state index in [0.717, 1.165) is 4.90 Å². The molecule has 0 aromatic heterocycles. The van der Waals surface area contributed by atoms with Gasteiger partial charge in [-0.1, -0.05) is 36.4 Å². The third-order valence-electron chi connectivity index (χ3n) is 4.12. The van der Waals surface area contributed by atoms with Crippen molar-refractivity contribution in [3.63, 3.8) is 0 Å². The molecule has 1 aliphatic heterocycles. The van der Waals surface area contributed by atoms with Gasteiger partial charge in [0.2, 0.25) is 5.91 Å². The number of methoxy groups -OCH3 is 1. The van der Waals surface area contributed by atoms with Crippen molar-refractivity contribution in [3.8, 4) is 0 Å². The highest BCUT2D eigenvalue weighted by molar-refractivity contribution is 8.01. The Hall–Kier alpha value is -2.27. The average Bonchev–Trinajstić information content (AvgIpc) is 3.06. The molecule has 0 saturated carbocycles. The minimum absolute atomic E-state index is 0.0692. The van der Waals surface area contributed by atoms with Gasteiger partial charge < -0.3 is 4.74 Å². The molecule has 0 aliphatic carbocycles. The van der Waals surface area contributed by atoms with Gasteiger partial charge in [-0.25, -0.2) is 4.79 Å². The van der Waals surface area contributed by atoms with Crippen LogP contribution in [0.3, 0.4) is 0 Å². The van der Waals surface area contributed by atoms with Crippen LogP contribution < -0.4 is 4.90 Å². The predicted molar refractivity (Wildman–Crippen MR) is 95.2 cm³/mol. The van der Waals surface area contributed by atoms with Gasteiger partial charge in [0, 0.05) is 10.6 Å². The summed E-state index contributed by atoms with van der Waals surface area (Å²) in [4.78, 5) is 27.9. The van der Waals surface area contributed by atoms with Gasteiger partial charge in [0.05, 0.1) is 12.4 Å². The molecule has 2 aromatic carbocycles. The van der Waals surface area contributed by atoms with E-state index in [1.165, 1.54) is 12.7 Å². The smallest absolute Gasteiger partial charge is 0.328 e. The second-order valence-corrected chi connectivity index (χ2v) is 6.91. The number of amides is 1. The minimum atomic E-state index is -0.672. The number of benzene rings is 2. The first-order valence-electron chi connectivity index (χ1n) is 7.82. The molecule has 0 N–H and O–H groups in total. The van der Waals surface area contributed by atoms with Crippen molar-refractivity contribution >= 4 is 29.3 Å². The predicted octanol–water partition coefficient (Wildman–Crippen LogP) is 3.30. The van der Waals surface area contributed by atoms with Crippen LogP contribution in [-0.2, 0) is 20.7 Å². The molecule has 0 fully saturated rings. The zero-order valence-electron chi connectivity index (χ0n) is 13.6. The van der Waals surface area contributed by atoms with E-state index >= 15 is 0 Å². The molecule has 0 radical (unpaired) electrons. The van der Waals surface area contributed by atoms with Gasteiger partial charge in [-0.05, 0) is 37.1 Å². The molecule has 3 rings (SSSR count). The summed E-state index contributed by atoms with van der Waals surface area (Å²) < 4.78 is 4.85. The minimum Gasteiger partial charge on any atom is -0.467 e. The molecule has 0 spiro atoms. The quantitative estimate of drug-likeness (QED) is 0.801. The highest BCUT2D eigenvalue weighted by Crippen LogP contribution is 2.38. The summed E-state index contributed by atoms with van der Waals surface area (Å²) in [5.41, 5.74) is 1.89. The zero-order valence-corrected chi connectivity index (χ0v) is 14.5. The number of fused-ring (bicyclic) bond motifs is 1. The lowest BCUT2D eigenvalue weighted by Gasteiger charge is -2.29. The SMILES string of the molecule is COC(=O)[C@H](C)N(C(=O)C1Cc2ccccc2S1)c1ccccc1. The highest BCUT2D eigenvalue weighted by atomic mass is 32.2. The largest absolute Gasteiger partial charge is 0.467 e. The molecule has 24 heavy (non-hydrogen) atoms. The number of hydrogen-bond donors (Lipinski definition) is 0. The molecule has 4 nitrogen and oxygen atoms in total. The number of carbonyl (C=O) groups excluding carboxylic acids is 2. The average molecular weight is 341 g/mol. The maximum atomic E-state index is 13.2. The fourth-order valence-electron chi connectivity index (χ4n) is 2.88. The van der Waals surface area contributed by atoms with Crippen LogP contribution in [0.5, 0.6) is 0 Å². The highest BCUT2D eigenvalue weighted by Gasteiger charge is 2.36. The second-order valence-electron chi connectivity index (χ2n) is 5.66. The molecule has 1 heterocycles. The number of esters is 1. The van der Waals surface area contributed by atoms with Gasteiger partial charge in [-0.15, -0.1) is 11.8 Å². The third kappa shape index (κ3) is 3.17. The number of thioether (sulfide) groups is 1. The van der Waals surface area contributed by atoms with Crippen LogP contribution in [0.15, 0.2) is 59.5 Å². The van der Waals surface area contributed by atoms with Gasteiger partial charge in [-0.2, -0.15) is 0 Å². The number of hydrogen-bond acceptors (Lipinski definition) is 4. The van der Waals surface area contributed by atoms with Crippen molar-refractivity contribution in [1.82, 2.24) is 0 Å². The Kier molecular flexibility index (Phi) is 4.90. The van der Waals surface area contributed by atoms with Gasteiger partial charge in [0.25, 0.3) is 0 Å². The number of carbonyl (C=O) groups is 2. The Morgan fingerprint density at radius 2 is 1.79 bits per heavy atom. The lowest BCUT2D eigenvalue weighted by molar-refractivity contribution is -0.143. The van der Waals surface area contributed by atoms with Crippen LogP contribution in [0.2, 0.25) is 0 Å². The molecular formula is C19H19NO3S. The number of nitrogens with zero attached hydrogens (tertiary/aromatic N) is 1. The van der Waals surface area contributed by atoms with Crippen LogP contribution in [-0.4, -0.2) is 30.3 Å². The fourth-order valence-corrected chi connectivity index (χ4v) is 4.12. The van der Waals surface area contributed by atoms with Crippen molar-refractivity contribution in [2.24, 2.45) is 0 Å². The second kappa shape index (κ2) is 7.09. The molecule has 124 valence electrons. The summed E-state index contributed by atoms with van der Waals surface area (Å²) in [6.07, 6.45) is 0.677. The first-order valence-corrected chi connectivity index (χ1v) is 8.70. The van der Waals surface area contributed by atoms with Crippen molar-refractivity contribution in [3.05, 3.63) is 60.2 Å². The van der Waals surface area contributed by atoms with Crippen LogP contribution in [0.4, 0.5) is 5.69 Å². The third-order valence-corrected chi connectivity index (χ3v) is 5.43. The van der Waals surface area contributed by atoms with E-state index in [1.54, 1.807) is 23.6 Å². The number of para-hydroxylation sites is 1. The molecule has 1 aliphatic rings. The molecule has 5 heteroatoms. The molecule has 1 amide bonds. The van der Waals surface area contributed by atoms with Crippen LogP contribution in [0.1, 0.15) is 12.5 Å². The number of anilines is 1. The monoisotopic (exact) mass is 341 g/mol. The number of ether oxygens (including phenoxy) is 1. The Balaban J connectivity index is 1.89. The van der Waals surface area contributed by atoms with E-state index in [1.807, 2.05) is 54.6 Å². The first kappa shape index (κ1) is 16.6. The van der Waals surface area contributed by atoms with Crippen molar-refractivity contribution in [2.45, 2.75) is 29.5 Å². The molecular weight excluding hydrogens is 322 g/mol. The molecule has 2 atom stereocenters. The molecule has 0 saturated heterocycles. The van der Waals surface area contributed by atoms with Crippen molar-refractivity contribution in [1.29, 1.82) is 0 Å². The summed E-state index contributed by atoms with van der Waals surface area (Å²) in [7, 11) is 1.34. The van der Waals surface area contributed by atoms with Crippen molar-refractivity contribution in [2.75, 3.05) is 12.0 Å². The summed E-state index contributed by atoms with van der Waals surface area (Å²) >= 11 is 1.56. The standard InChI is InChI=1S/C19H19NO3S/c1-13(19(22)23-2)20(15-9-4-3-5-10-15)18(21)17-12-14-8-6-7-11-16(14)24-17/h3-11,13,17H,12H2,1-2H3/t13-,17?/m0/s1. The fraction of sp³-hybridized carbons (Fsp3) is 0.263. The van der Waals surface area contributed by atoms with Crippen LogP contribution in [0.25, 0.3) is 0 Å². The van der Waals surface area contributed by atoms with Crippen molar-refractivity contribution < 1.29 is 14.3 Å². The van der Waals surface area contributed by atoms with E-state index in [2.05, 4.69) is 0 Å². The Morgan fingerprint density at radius 3 is 2.46 bits per heavy atom. The molecule has 2 aromatic rings. The lowest BCUT2D eigenvalue weighted by Crippen LogP contribution is -2.47. The van der Waals surface area contributed by atoms with E-state index in [9.17, 15) is 9.59 Å².